The fourth-order valence-electron chi connectivity index (χ4n) is 1.72. The van der Waals surface area contributed by atoms with E-state index in [1.165, 1.54) is 0 Å². The SMILES string of the molecule is Cc1noc(C)c1C(C)NCC(=O)NCC(F)(F)F. The molecule has 1 amide bonds. The van der Waals surface area contributed by atoms with Crippen molar-refractivity contribution in [2.24, 2.45) is 0 Å². The van der Waals surface area contributed by atoms with Crippen molar-refractivity contribution in [3.63, 3.8) is 0 Å². The number of alkyl halides is 3. The van der Waals surface area contributed by atoms with Gasteiger partial charge in [-0.1, -0.05) is 5.16 Å². The monoisotopic (exact) mass is 279 g/mol. The van der Waals surface area contributed by atoms with Crippen molar-refractivity contribution in [1.29, 1.82) is 0 Å². The summed E-state index contributed by atoms with van der Waals surface area (Å²) in [6.07, 6.45) is -4.40. The van der Waals surface area contributed by atoms with E-state index >= 15 is 0 Å². The van der Waals surface area contributed by atoms with Gasteiger partial charge in [0.25, 0.3) is 0 Å². The fraction of sp³-hybridized carbons (Fsp3) is 0.636. The zero-order valence-corrected chi connectivity index (χ0v) is 10.9. The van der Waals surface area contributed by atoms with Gasteiger partial charge in [0, 0.05) is 11.6 Å². The molecule has 0 fully saturated rings. The molecule has 8 heteroatoms. The highest BCUT2D eigenvalue weighted by molar-refractivity contribution is 5.78. The number of nitrogens with one attached hydrogen (secondary N) is 2. The first-order valence-electron chi connectivity index (χ1n) is 5.70. The Hall–Kier alpha value is -1.57. The van der Waals surface area contributed by atoms with Crippen molar-refractivity contribution in [3.05, 3.63) is 17.0 Å². The van der Waals surface area contributed by atoms with Gasteiger partial charge < -0.3 is 15.2 Å². The van der Waals surface area contributed by atoms with Crippen molar-refractivity contribution in [2.45, 2.75) is 33.0 Å². The summed E-state index contributed by atoms with van der Waals surface area (Å²) < 4.78 is 40.6. The molecule has 0 aliphatic carbocycles. The first-order chi connectivity index (χ1) is 8.70. The molecule has 2 N–H and O–H groups in total. The second-order valence-corrected chi connectivity index (χ2v) is 4.23. The van der Waals surface area contributed by atoms with Crippen molar-refractivity contribution in [1.82, 2.24) is 15.8 Å². The summed E-state index contributed by atoms with van der Waals surface area (Å²) in [7, 11) is 0. The first-order valence-corrected chi connectivity index (χ1v) is 5.70. The van der Waals surface area contributed by atoms with Gasteiger partial charge in [0.1, 0.15) is 12.3 Å². The van der Waals surface area contributed by atoms with Gasteiger partial charge in [-0.15, -0.1) is 0 Å². The summed E-state index contributed by atoms with van der Waals surface area (Å²) in [5.74, 6) is -0.0934. The summed E-state index contributed by atoms with van der Waals surface area (Å²) in [4.78, 5) is 11.2. The lowest BCUT2D eigenvalue weighted by atomic mass is 10.1. The molecular formula is C11H16F3N3O2. The van der Waals surface area contributed by atoms with Crippen LogP contribution < -0.4 is 10.6 Å². The third-order valence-electron chi connectivity index (χ3n) is 2.58. The second kappa shape index (κ2) is 6.05. The number of aryl methyl sites for hydroxylation is 2. The molecule has 0 bridgehead atoms. The molecule has 0 aliphatic rings. The predicted octanol–water partition coefficient (Wildman–Crippen LogP) is 1.62. The van der Waals surface area contributed by atoms with E-state index in [9.17, 15) is 18.0 Å². The number of carbonyl (C=O) groups excluding carboxylic acids is 1. The topological polar surface area (TPSA) is 67.2 Å². The van der Waals surface area contributed by atoms with E-state index < -0.39 is 18.6 Å². The van der Waals surface area contributed by atoms with Crippen molar-refractivity contribution in [3.8, 4) is 0 Å². The lowest BCUT2D eigenvalue weighted by Gasteiger charge is -2.14. The van der Waals surface area contributed by atoms with E-state index in [4.69, 9.17) is 4.52 Å². The average Bonchev–Trinajstić information content (AvgIpc) is 2.62. The molecule has 1 unspecified atom stereocenters. The maximum atomic E-state index is 11.9. The standard InChI is InChI=1S/C11H16F3N3O2/c1-6(10-7(2)17-19-8(10)3)15-4-9(18)16-5-11(12,13)14/h6,15H,4-5H2,1-3H3,(H,16,18). The molecule has 1 aromatic rings. The van der Waals surface area contributed by atoms with E-state index in [0.717, 1.165) is 5.56 Å². The summed E-state index contributed by atoms with van der Waals surface area (Å²) >= 11 is 0. The van der Waals surface area contributed by atoms with Gasteiger partial charge in [0.15, 0.2) is 0 Å². The number of hydrogen-bond donors (Lipinski definition) is 2. The molecule has 1 heterocycles. The Morgan fingerprint density at radius 2 is 2.05 bits per heavy atom. The zero-order valence-electron chi connectivity index (χ0n) is 10.9. The van der Waals surface area contributed by atoms with Crippen LogP contribution in [0.25, 0.3) is 0 Å². The molecular weight excluding hydrogens is 263 g/mol. The minimum atomic E-state index is -4.40. The first kappa shape index (κ1) is 15.5. The van der Waals surface area contributed by atoms with Crippen LogP contribution in [0.2, 0.25) is 0 Å². The van der Waals surface area contributed by atoms with Gasteiger partial charge in [-0.05, 0) is 20.8 Å². The molecule has 0 saturated heterocycles. The minimum absolute atomic E-state index is 0.207. The van der Waals surface area contributed by atoms with E-state index in [-0.39, 0.29) is 12.6 Å². The molecule has 0 aliphatic heterocycles. The van der Waals surface area contributed by atoms with Crippen LogP contribution in [0.3, 0.4) is 0 Å². The summed E-state index contributed by atoms with van der Waals surface area (Å²) in [5, 5.41) is 8.38. The fourth-order valence-corrected chi connectivity index (χ4v) is 1.72. The highest BCUT2D eigenvalue weighted by Gasteiger charge is 2.27. The number of rotatable bonds is 5. The maximum absolute atomic E-state index is 11.9. The van der Waals surface area contributed by atoms with Gasteiger partial charge >= 0.3 is 6.18 Å². The van der Waals surface area contributed by atoms with E-state index in [0.29, 0.717) is 11.5 Å². The Bertz CT molecular complexity index is 423. The van der Waals surface area contributed by atoms with E-state index in [1.807, 2.05) is 0 Å². The molecule has 1 atom stereocenters. The number of amides is 1. The van der Waals surface area contributed by atoms with Crippen molar-refractivity contribution in [2.75, 3.05) is 13.1 Å². The smallest absolute Gasteiger partial charge is 0.361 e. The van der Waals surface area contributed by atoms with Gasteiger partial charge in [-0.25, -0.2) is 0 Å². The van der Waals surface area contributed by atoms with Crippen molar-refractivity contribution < 1.29 is 22.5 Å². The molecule has 19 heavy (non-hydrogen) atoms. The van der Waals surface area contributed by atoms with E-state index in [2.05, 4.69) is 10.5 Å². The minimum Gasteiger partial charge on any atom is -0.361 e. The Morgan fingerprint density at radius 1 is 1.42 bits per heavy atom. The number of nitrogens with zero attached hydrogens (tertiary/aromatic N) is 1. The lowest BCUT2D eigenvalue weighted by Crippen LogP contribution is -2.39. The second-order valence-electron chi connectivity index (χ2n) is 4.23. The van der Waals surface area contributed by atoms with Crippen LogP contribution in [0.1, 0.15) is 30.0 Å². The summed E-state index contributed by atoms with van der Waals surface area (Å²) in [5.41, 5.74) is 1.50. The molecule has 0 radical (unpaired) electrons. The third kappa shape index (κ3) is 4.90. The van der Waals surface area contributed by atoms with Crippen molar-refractivity contribution >= 4 is 5.91 Å². The molecule has 0 saturated carbocycles. The largest absolute Gasteiger partial charge is 0.405 e. The van der Waals surface area contributed by atoms with Crippen LogP contribution in [0, 0.1) is 13.8 Å². The van der Waals surface area contributed by atoms with Crippen LogP contribution >= 0.6 is 0 Å². The molecule has 5 nitrogen and oxygen atoms in total. The van der Waals surface area contributed by atoms with Crippen LogP contribution in [0.4, 0.5) is 13.2 Å². The number of hydrogen-bond acceptors (Lipinski definition) is 4. The predicted molar refractivity (Wildman–Crippen MR) is 61.5 cm³/mol. The van der Waals surface area contributed by atoms with Gasteiger partial charge in [0.2, 0.25) is 5.91 Å². The quantitative estimate of drug-likeness (QED) is 0.859. The van der Waals surface area contributed by atoms with Crippen LogP contribution in [0.15, 0.2) is 4.52 Å². The normalized spacial score (nSPS) is 13.4. The zero-order chi connectivity index (χ0) is 14.6. The highest BCUT2D eigenvalue weighted by atomic mass is 19.4. The maximum Gasteiger partial charge on any atom is 0.405 e. The van der Waals surface area contributed by atoms with Crippen LogP contribution in [0.5, 0.6) is 0 Å². The molecule has 108 valence electrons. The number of aromatic nitrogens is 1. The number of carbonyl (C=O) groups is 1. The Balaban J connectivity index is 2.43. The van der Waals surface area contributed by atoms with Crippen LogP contribution in [-0.2, 0) is 4.79 Å². The summed E-state index contributed by atoms with van der Waals surface area (Å²) in [6.45, 7) is 3.74. The Labute approximate surface area is 108 Å². The molecule has 1 aromatic heterocycles. The summed E-state index contributed by atoms with van der Waals surface area (Å²) in [6, 6.07) is -0.233. The number of halogens is 3. The van der Waals surface area contributed by atoms with Gasteiger partial charge in [-0.3, -0.25) is 4.79 Å². The van der Waals surface area contributed by atoms with Crippen LogP contribution in [-0.4, -0.2) is 30.3 Å². The lowest BCUT2D eigenvalue weighted by molar-refractivity contribution is -0.137. The molecule has 0 aromatic carbocycles. The highest BCUT2D eigenvalue weighted by Crippen LogP contribution is 2.20. The Kier molecular flexibility index (Phi) is 4.93. The molecule has 1 rings (SSSR count). The van der Waals surface area contributed by atoms with Gasteiger partial charge in [0.05, 0.1) is 12.2 Å². The average molecular weight is 279 g/mol. The third-order valence-corrected chi connectivity index (χ3v) is 2.58. The van der Waals surface area contributed by atoms with E-state index in [1.54, 1.807) is 26.1 Å². The van der Waals surface area contributed by atoms with Gasteiger partial charge in [-0.2, -0.15) is 13.2 Å². The Morgan fingerprint density at radius 3 is 2.53 bits per heavy atom. The molecule has 0 spiro atoms.